The first-order valence-electron chi connectivity index (χ1n) is 4.13. The SMILES string of the molecule is CC(=O)Nc1nc(C(C)(C)C)cs1. The van der Waals surface area contributed by atoms with Crippen molar-refractivity contribution in [2.75, 3.05) is 5.32 Å². The van der Waals surface area contributed by atoms with Crippen molar-refractivity contribution >= 4 is 22.4 Å². The van der Waals surface area contributed by atoms with Crippen LogP contribution in [0.1, 0.15) is 33.4 Å². The van der Waals surface area contributed by atoms with Crippen molar-refractivity contribution in [1.82, 2.24) is 4.98 Å². The molecular formula is C9H14N2OS. The van der Waals surface area contributed by atoms with Gasteiger partial charge in [-0.3, -0.25) is 4.79 Å². The molecule has 72 valence electrons. The molecule has 0 fully saturated rings. The number of hydrogen-bond acceptors (Lipinski definition) is 3. The zero-order valence-corrected chi connectivity index (χ0v) is 9.16. The monoisotopic (exact) mass is 198 g/mol. The van der Waals surface area contributed by atoms with Gasteiger partial charge in [0.2, 0.25) is 5.91 Å². The molecule has 1 aromatic heterocycles. The summed E-state index contributed by atoms with van der Waals surface area (Å²) in [6.07, 6.45) is 0. The maximum absolute atomic E-state index is 10.7. The minimum atomic E-state index is -0.0743. The molecule has 0 saturated heterocycles. The van der Waals surface area contributed by atoms with Crippen molar-refractivity contribution in [2.24, 2.45) is 0 Å². The largest absolute Gasteiger partial charge is 0.302 e. The highest BCUT2D eigenvalue weighted by Crippen LogP contribution is 2.26. The molecule has 0 unspecified atom stereocenters. The Kier molecular flexibility index (Phi) is 2.71. The van der Waals surface area contributed by atoms with Crippen LogP contribution in [0.2, 0.25) is 0 Å². The highest BCUT2D eigenvalue weighted by atomic mass is 32.1. The summed E-state index contributed by atoms with van der Waals surface area (Å²) < 4.78 is 0. The van der Waals surface area contributed by atoms with Crippen LogP contribution in [-0.2, 0) is 10.2 Å². The van der Waals surface area contributed by atoms with Crippen LogP contribution in [0.15, 0.2) is 5.38 Å². The number of anilines is 1. The van der Waals surface area contributed by atoms with E-state index in [0.29, 0.717) is 5.13 Å². The second-order valence-corrected chi connectivity index (χ2v) is 4.83. The molecule has 0 bridgehead atoms. The Balaban J connectivity index is 2.81. The van der Waals surface area contributed by atoms with E-state index in [-0.39, 0.29) is 11.3 Å². The molecule has 0 atom stereocenters. The van der Waals surface area contributed by atoms with E-state index in [1.54, 1.807) is 0 Å². The van der Waals surface area contributed by atoms with Crippen LogP contribution in [0.3, 0.4) is 0 Å². The van der Waals surface area contributed by atoms with Crippen molar-refractivity contribution in [3.63, 3.8) is 0 Å². The van der Waals surface area contributed by atoms with E-state index in [1.165, 1.54) is 18.3 Å². The van der Waals surface area contributed by atoms with Gasteiger partial charge in [0.25, 0.3) is 0 Å². The van der Waals surface area contributed by atoms with Crippen LogP contribution in [0.25, 0.3) is 0 Å². The van der Waals surface area contributed by atoms with Crippen LogP contribution in [0, 0.1) is 0 Å². The summed E-state index contributed by atoms with van der Waals surface area (Å²) in [5, 5.41) is 5.32. The fourth-order valence-electron chi connectivity index (χ4n) is 0.826. The van der Waals surface area contributed by atoms with Crippen molar-refractivity contribution in [3.8, 4) is 0 Å². The maximum atomic E-state index is 10.7. The van der Waals surface area contributed by atoms with E-state index < -0.39 is 0 Å². The lowest BCUT2D eigenvalue weighted by molar-refractivity contribution is -0.114. The standard InChI is InChI=1S/C9H14N2OS/c1-6(12)10-8-11-7(5-13-8)9(2,3)4/h5H,1-4H3,(H,10,11,12). The molecule has 0 aliphatic heterocycles. The molecule has 1 rings (SSSR count). The Morgan fingerprint density at radius 3 is 2.54 bits per heavy atom. The van der Waals surface area contributed by atoms with Gasteiger partial charge in [0.15, 0.2) is 5.13 Å². The van der Waals surface area contributed by atoms with Gasteiger partial charge in [-0.05, 0) is 0 Å². The van der Waals surface area contributed by atoms with Gasteiger partial charge >= 0.3 is 0 Å². The molecule has 0 radical (unpaired) electrons. The average Bonchev–Trinajstić information content (AvgIpc) is 2.32. The normalized spacial score (nSPS) is 11.4. The quantitative estimate of drug-likeness (QED) is 0.753. The maximum Gasteiger partial charge on any atom is 0.223 e. The van der Waals surface area contributed by atoms with E-state index in [1.807, 2.05) is 5.38 Å². The third-order valence-corrected chi connectivity index (χ3v) is 2.31. The number of amides is 1. The summed E-state index contributed by atoms with van der Waals surface area (Å²) in [5.74, 6) is -0.0743. The van der Waals surface area contributed by atoms with E-state index in [0.717, 1.165) is 5.69 Å². The van der Waals surface area contributed by atoms with Crippen molar-refractivity contribution in [1.29, 1.82) is 0 Å². The molecular weight excluding hydrogens is 184 g/mol. The van der Waals surface area contributed by atoms with E-state index in [9.17, 15) is 4.79 Å². The Morgan fingerprint density at radius 1 is 1.54 bits per heavy atom. The van der Waals surface area contributed by atoms with Gasteiger partial charge < -0.3 is 5.32 Å². The summed E-state index contributed by atoms with van der Waals surface area (Å²) >= 11 is 1.46. The molecule has 0 aromatic carbocycles. The highest BCUT2D eigenvalue weighted by molar-refractivity contribution is 7.13. The highest BCUT2D eigenvalue weighted by Gasteiger charge is 2.17. The first-order valence-corrected chi connectivity index (χ1v) is 5.01. The lowest BCUT2D eigenvalue weighted by Gasteiger charge is -2.13. The number of carbonyl (C=O) groups excluding carboxylic acids is 1. The average molecular weight is 198 g/mol. The summed E-state index contributed by atoms with van der Waals surface area (Å²) in [7, 11) is 0. The van der Waals surface area contributed by atoms with Crippen LogP contribution in [-0.4, -0.2) is 10.9 Å². The van der Waals surface area contributed by atoms with Crippen LogP contribution in [0.5, 0.6) is 0 Å². The molecule has 1 N–H and O–H groups in total. The van der Waals surface area contributed by atoms with Gasteiger partial charge in [-0.25, -0.2) is 4.98 Å². The Hall–Kier alpha value is -0.900. The number of thiazole rings is 1. The molecule has 0 saturated carbocycles. The summed E-state index contributed by atoms with van der Waals surface area (Å²) in [4.78, 5) is 15.0. The molecule has 0 aliphatic carbocycles. The van der Waals surface area contributed by atoms with Gasteiger partial charge in [0, 0.05) is 17.7 Å². The van der Waals surface area contributed by atoms with Crippen LogP contribution < -0.4 is 5.32 Å². The number of nitrogens with one attached hydrogen (secondary N) is 1. The number of aromatic nitrogens is 1. The minimum absolute atomic E-state index is 0.0488. The molecule has 4 heteroatoms. The number of carbonyl (C=O) groups is 1. The van der Waals surface area contributed by atoms with E-state index in [4.69, 9.17) is 0 Å². The fraction of sp³-hybridized carbons (Fsp3) is 0.556. The molecule has 13 heavy (non-hydrogen) atoms. The summed E-state index contributed by atoms with van der Waals surface area (Å²) in [6, 6.07) is 0. The van der Waals surface area contributed by atoms with Crippen LogP contribution in [0.4, 0.5) is 5.13 Å². The zero-order valence-electron chi connectivity index (χ0n) is 8.34. The number of hydrogen-bond donors (Lipinski definition) is 1. The Bertz CT molecular complexity index is 312. The molecule has 0 spiro atoms. The van der Waals surface area contributed by atoms with Crippen molar-refractivity contribution < 1.29 is 4.79 Å². The van der Waals surface area contributed by atoms with Gasteiger partial charge in [-0.2, -0.15) is 0 Å². The minimum Gasteiger partial charge on any atom is -0.302 e. The smallest absolute Gasteiger partial charge is 0.223 e. The lowest BCUT2D eigenvalue weighted by Crippen LogP contribution is -2.12. The van der Waals surface area contributed by atoms with Gasteiger partial charge in [-0.15, -0.1) is 11.3 Å². The number of rotatable bonds is 1. The predicted octanol–water partition coefficient (Wildman–Crippen LogP) is 2.40. The third-order valence-electron chi connectivity index (χ3n) is 1.56. The lowest BCUT2D eigenvalue weighted by atomic mass is 9.93. The van der Waals surface area contributed by atoms with Gasteiger partial charge in [-0.1, -0.05) is 20.8 Å². The third kappa shape index (κ3) is 2.81. The van der Waals surface area contributed by atoms with Crippen molar-refractivity contribution in [3.05, 3.63) is 11.1 Å². The van der Waals surface area contributed by atoms with Gasteiger partial charge in [0.1, 0.15) is 0 Å². The molecule has 1 amide bonds. The number of nitrogens with zero attached hydrogens (tertiary/aromatic N) is 1. The molecule has 1 aromatic rings. The zero-order chi connectivity index (χ0) is 10.1. The van der Waals surface area contributed by atoms with Crippen LogP contribution >= 0.6 is 11.3 Å². The Labute approximate surface area is 82.2 Å². The molecule has 3 nitrogen and oxygen atoms in total. The molecule has 0 aliphatic rings. The van der Waals surface area contributed by atoms with Crippen molar-refractivity contribution in [2.45, 2.75) is 33.1 Å². The first kappa shape index (κ1) is 10.2. The molecule has 1 heterocycles. The predicted molar refractivity (Wildman–Crippen MR) is 55.1 cm³/mol. The topological polar surface area (TPSA) is 42.0 Å². The fourth-order valence-corrected chi connectivity index (χ4v) is 1.81. The second-order valence-electron chi connectivity index (χ2n) is 3.97. The van der Waals surface area contributed by atoms with Gasteiger partial charge in [0.05, 0.1) is 5.69 Å². The summed E-state index contributed by atoms with van der Waals surface area (Å²) in [6.45, 7) is 7.77. The summed E-state index contributed by atoms with van der Waals surface area (Å²) in [5.41, 5.74) is 1.06. The van der Waals surface area contributed by atoms with E-state index >= 15 is 0 Å². The first-order chi connectivity index (χ1) is 5.89. The second kappa shape index (κ2) is 3.46. The van der Waals surface area contributed by atoms with E-state index in [2.05, 4.69) is 31.1 Å². The Morgan fingerprint density at radius 2 is 2.15 bits per heavy atom.